The fourth-order valence-corrected chi connectivity index (χ4v) is 4.16. The molecule has 138 valence electrons. The Morgan fingerprint density at radius 2 is 2.11 bits per heavy atom. The first kappa shape index (κ1) is 17.9. The van der Waals surface area contributed by atoms with E-state index < -0.39 is 0 Å². The number of amides is 1. The molecule has 1 N–H and O–H groups in total. The number of benzene rings is 1. The average molecular weight is 399 g/mol. The lowest BCUT2D eigenvalue weighted by molar-refractivity contribution is -0.111. The number of hydrogen-bond donors (Lipinski definition) is 1. The number of aromatic nitrogens is 3. The largest absolute Gasteiger partial charge is 0.322 e. The summed E-state index contributed by atoms with van der Waals surface area (Å²) in [6, 6.07) is 11.4. The summed E-state index contributed by atoms with van der Waals surface area (Å²) in [4.78, 5) is 13.1. The summed E-state index contributed by atoms with van der Waals surface area (Å²) in [6.45, 7) is 0.945. The van der Waals surface area contributed by atoms with Gasteiger partial charge in [-0.1, -0.05) is 30.2 Å². The summed E-state index contributed by atoms with van der Waals surface area (Å²) in [5.74, 6) is 1.73. The van der Waals surface area contributed by atoms with Gasteiger partial charge in [-0.05, 0) is 43.2 Å². The number of rotatable bonds is 4. The van der Waals surface area contributed by atoms with Gasteiger partial charge in [0.15, 0.2) is 5.82 Å². The van der Waals surface area contributed by atoms with Gasteiger partial charge in [-0.15, -0.1) is 21.5 Å². The molecule has 1 aliphatic heterocycles. The van der Waals surface area contributed by atoms with E-state index >= 15 is 0 Å². The van der Waals surface area contributed by atoms with Gasteiger partial charge in [0.05, 0.1) is 4.34 Å². The van der Waals surface area contributed by atoms with E-state index in [4.69, 9.17) is 11.6 Å². The second-order valence-electron chi connectivity index (χ2n) is 6.45. The van der Waals surface area contributed by atoms with Crippen LogP contribution in [0.1, 0.15) is 30.0 Å². The number of aryl methyl sites for hydroxylation is 1. The Balaban J connectivity index is 1.50. The predicted molar refractivity (Wildman–Crippen MR) is 110 cm³/mol. The summed E-state index contributed by atoms with van der Waals surface area (Å²) < 4.78 is 2.91. The van der Waals surface area contributed by atoms with Gasteiger partial charge in [-0.3, -0.25) is 4.79 Å². The van der Waals surface area contributed by atoms with Crippen LogP contribution in [0.15, 0.2) is 42.5 Å². The molecule has 0 unspecified atom stereocenters. The Kier molecular flexibility index (Phi) is 5.36. The zero-order valence-electron chi connectivity index (χ0n) is 14.7. The van der Waals surface area contributed by atoms with Crippen LogP contribution >= 0.6 is 22.9 Å². The van der Waals surface area contributed by atoms with Crippen molar-refractivity contribution in [3.63, 3.8) is 0 Å². The highest BCUT2D eigenvalue weighted by atomic mass is 35.5. The van der Waals surface area contributed by atoms with E-state index in [0.29, 0.717) is 4.34 Å². The molecule has 1 aromatic carbocycles. The third kappa shape index (κ3) is 4.28. The monoisotopic (exact) mass is 398 g/mol. The number of anilines is 1. The van der Waals surface area contributed by atoms with Crippen LogP contribution in [0.2, 0.25) is 4.34 Å². The molecule has 0 aliphatic carbocycles. The summed E-state index contributed by atoms with van der Waals surface area (Å²) in [6.07, 6.45) is 7.77. The molecule has 2 aromatic heterocycles. The van der Waals surface area contributed by atoms with Gasteiger partial charge in [0, 0.05) is 35.2 Å². The highest BCUT2D eigenvalue weighted by molar-refractivity contribution is 7.17. The van der Waals surface area contributed by atoms with E-state index in [1.165, 1.54) is 23.8 Å². The number of fused-ring (bicyclic) bond motifs is 1. The molecule has 0 fully saturated rings. The van der Waals surface area contributed by atoms with Crippen LogP contribution in [0.4, 0.5) is 5.69 Å². The Morgan fingerprint density at radius 1 is 1.19 bits per heavy atom. The Morgan fingerprint density at radius 3 is 2.96 bits per heavy atom. The summed E-state index contributed by atoms with van der Waals surface area (Å²) in [5, 5.41) is 11.6. The fourth-order valence-electron chi connectivity index (χ4n) is 3.19. The van der Waals surface area contributed by atoms with Crippen LogP contribution in [0, 0.1) is 0 Å². The molecular formula is C20H19ClN4OS. The molecule has 5 nitrogen and oxygen atoms in total. The summed E-state index contributed by atoms with van der Waals surface area (Å²) in [7, 11) is 0. The zero-order chi connectivity index (χ0) is 18.6. The highest BCUT2D eigenvalue weighted by Gasteiger charge is 2.16. The van der Waals surface area contributed by atoms with Gasteiger partial charge < -0.3 is 9.88 Å². The zero-order valence-corrected chi connectivity index (χ0v) is 16.3. The van der Waals surface area contributed by atoms with Crippen LogP contribution in [0.25, 0.3) is 17.5 Å². The van der Waals surface area contributed by atoms with Gasteiger partial charge >= 0.3 is 0 Å². The maximum atomic E-state index is 12.2. The minimum atomic E-state index is -0.184. The molecule has 7 heteroatoms. The van der Waals surface area contributed by atoms with Crippen molar-refractivity contribution in [1.82, 2.24) is 14.8 Å². The SMILES string of the molecule is O=C(/C=C/c1ccc(Cl)s1)Nc1cccc(-c2nnc3n2CCCCC3)c1. The summed E-state index contributed by atoms with van der Waals surface area (Å²) in [5.41, 5.74) is 1.69. The van der Waals surface area contributed by atoms with E-state index in [1.54, 1.807) is 6.08 Å². The first-order valence-corrected chi connectivity index (χ1v) is 10.2. The smallest absolute Gasteiger partial charge is 0.248 e. The molecule has 4 rings (SSSR count). The maximum absolute atomic E-state index is 12.2. The standard InChI is InChI=1S/C20H19ClN4OS/c21-17-10-8-16(27-17)9-11-19(26)22-15-6-4-5-14(13-15)20-24-23-18-7-2-1-3-12-25(18)20/h4-6,8-11,13H,1-3,7,12H2,(H,22,26)/b11-9+. The minimum Gasteiger partial charge on any atom is -0.322 e. The number of halogens is 1. The second kappa shape index (κ2) is 8.06. The first-order valence-electron chi connectivity index (χ1n) is 8.96. The van der Waals surface area contributed by atoms with Gasteiger partial charge in [-0.25, -0.2) is 0 Å². The third-order valence-electron chi connectivity index (χ3n) is 4.49. The number of hydrogen-bond acceptors (Lipinski definition) is 4. The van der Waals surface area contributed by atoms with E-state index in [9.17, 15) is 4.79 Å². The summed E-state index contributed by atoms with van der Waals surface area (Å²) >= 11 is 7.34. The van der Waals surface area contributed by atoms with Crippen molar-refractivity contribution in [2.45, 2.75) is 32.2 Å². The number of carbonyl (C=O) groups is 1. The number of carbonyl (C=O) groups excluding carboxylic acids is 1. The Hall–Kier alpha value is -2.44. The average Bonchev–Trinajstić information content (AvgIpc) is 3.19. The number of thiophene rings is 1. The predicted octanol–water partition coefficient (Wildman–Crippen LogP) is 5.04. The minimum absolute atomic E-state index is 0.184. The molecule has 0 spiro atoms. The molecule has 0 atom stereocenters. The van der Waals surface area contributed by atoms with Crippen molar-refractivity contribution in [2.75, 3.05) is 5.32 Å². The molecule has 0 saturated carbocycles. The molecule has 3 aromatic rings. The molecule has 1 aliphatic rings. The molecule has 3 heterocycles. The molecule has 0 saturated heterocycles. The van der Waals surface area contributed by atoms with Gasteiger partial charge in [-0.2, -0.15) is 0 Å². The Bertz CT molecular complexity index is 992. The lowest BCUT2D eigenvalue weighted by Crippen LogP contribution is -2.08. The van der Waals surface area contributed by atoms with Crippen LogP contribution in [-0.4, -0.2) is 20.7 Å². The maximum Gasteiger partial charge on any atom is 0.248 e. The van der Waals surface area contributed by atoms with Crippen molar-refractivity contribution in [3.05, 3.63) is 57.5 Å². The van der Waals surface area contributed by atoms with Crippen molar-refractivity contribution in [1.29, 1.82) is 0 Å². The van der Waals surface area contributed by atoms with E-state index in [1.807, 2.05) is 36.4 Å². The lowest BCUT2D eigenvalue weighted by Gasteiger charge is -2.08. The molecular weight excluding hydrogens is 380 g/mol. The lowest BCUT2D eigenvalue weighted by atomic mass is 10.2. The van der Waals surface area contributed by atoms with Gasteiger partial charge in [0.1, 0.15) is 5.82 Å². The van der Waals surface area contributed by atoms with Gasteiger partial charge in [0.25, 0.3) is 0 Å². The second-order valence-corrected chi connectivity index (χ2v) is 8.19. The number of nitrogens with one attached hydrogen (secondary N) is 1. The van der Waals surface area contributed by atoms with Crippen molar-refractivity contribution in [3.8, 4) is 11.4 Å². The molecule has 0 bridgehead atoms. The van der Waals surface area contributed by atoms with Crippen LogP contribution < -0.4 is 5.32 Å². The number of nitrogens with zero attached hydrogens (tertiary/aromatic N) is 3. The fraction of sp³-hybridized carbons (Fsp3) is 0.250. The molecule has 0 radical (unpaired) electrons. The quantitative estimate of drug-likeness (QED) is 0.626. The van der Waals surface area contributed by atoms with Crippen LogP contribution in [0.3, 0.4) is 0 Å². The third-order valence-corrected chi connectivity index (χ3v) is 5.69. The van der Waals surface area contributed by atoms with Gasteiger partial charge in [0.2, 0.25) is 5.91 Å². The Labute approximate surface area is 166 Å². The highest BCUT2D eigenvalue weighted by Crippen LogP contribution is 2.25. The van der Waals surface area contributed by atoms with E-state index in [-0.39, 0.29) is 5.91 Å². The van der Waals surface area contributed by atoms with Crippen molar-refractivity contribution in [2.24, 2.45) is 0 Å². The van der Waals surface area contributed by atoms with Crippen molar-refractivity contribution >= 4 is 40.6 Å². The van der Waals surface area contributed by atoms with E-state index in [2.05, 4.69) is 20.1 Å². The first-order chi connectivity index (χ1) is 13.2. The molecule has 27 heavy (non-hydrogen) atoms. The van der Waals surface area contributed by atoms with Crippen LogP contribution in [0.5, 0.6) is 0 Å². The normalized spacial score (nSPS) is 14.1. The molecule has 1 amide bonds. The van der Waals surface area contributed by atoms with Crippen LogP contribution in [-0.2, 0) is 17.8 Å². The topological polar surface area (TPSA) is 59.8 Å². The van der Waals surface area contributed by atoms with Crippen molar-refractivity contribution < 1.29 is 4.79 Å². The van der Waals surface area contributed by atoms with E-state index in [0.717, 1.165) is 53.6 Å².